The number of anilines is 2. The van der Waals surface area contributed by atoms with Gasteiger partial charge >= 0.3 is 0 Å². The number of nitrogens with one attached hydrogen (secondary N) is 2. The SMILES string of the molecule is CCC(=O)Nc1cccc(C(=O)Nc2ccc(C)c(C)c2)c1. The molecule has 0 bridgehead atoms. The summed E-state index contributed by atoms with van der Waals surface area (Å²) in [6.07, 6.45) is 0.402. The fraction of sp³-hybridized carbons (Fsp3) is 0.222. The first-order valence-corrected chi connectivity index (χ1v) is 7.28. The summed E-state index contributed by atoms with van der Waals surface area (Å²) in [7, 11) is 0. The van der Waals surface area contributed by atoms with Crippen molar-refractivity contribution in [2.45, 2.75) is 27.2 Å². The highest BCUT2D eigenvalue weighted by atomic mass is 16.2. The largest absolute Gasteiger partial charge is 0.326 e. The maximum Gasteiger partial charge on any atom is 0.255 e. The Labute approximate surface area is 130 Å². The van der Waals surface area contributed by atoms with E-state index in [0.717, 1.165) is 11.3 Å². The average molecular weight is 296 g/mol. The highest BCUT2D eigenvalue weighted by Crippen LogP contribution is 2.17. The van der Waals surface area contributed by atoms with E-state index in [0.29, 0.717) is 17.7 Å². The predicted octanol–water partition coefficient (Wildman–Crippen LogP) is 3.90. The van der Waals surface area contributed by atoms with Crippen LogP contribution >= 0.6 is 0 Å². The van der Waals surface area contributed by atoms with E-state index in [1.165, 1.54) is 5.56 Å². The maximum absolute atomic E-state index is 12.3. The number of hydrogen-bond donors (Lipinski definition) is 2. The van der Waals surface area contributed by atoms with Gasteiger partial charge in [-0.1, -0.05) is 19.1 Å². The topological polar surface area (TPSA) is 58.2 Å². The minimum atomic E-state index is -0.198. The second-order valence-corrected chi connectivity index (χ2v) is 5.24. The number of carbonyl (C=O) groups excluding carboxylic acids is 2. The van der Waals surface area contributed by atoms with Crippen LogP contribution < -0.4 is 10.6 Å². The Morgan fingerprint density at radius 3 is 2.32 bits per heavy atom. The van der Waals surface area contributed by atoms with Crippen molar-refractivity contribution in [2.75, 3.05) is 10.6 Å². The van der Waals surface area contributed by atoms with Gasteiger partial charge in [0.2, 0.25) is 5.91 Å². The quantitative estimate of drug-likeness (QED) is 0.899. The van der Waals surface area contributed by atoms with E-state index >= 15 is 0 Å². The molecule has 0 aromatic heterocycles. The Morgan fingerprint density at radius 2 is 1.64 bits per heavy atom. The van der Waals surface area contributed by atoms with Crippen LogP contribution in [0.5, 0.6) is 0 Å². The Hall–Kier alpha value is -2.62. The third-order valence-corrected chi connectivity index (χ3v) is 3.49. The van der Waals surface area contributed by atoms with E-state index in [2.05, 4.69) is 10.6 Å². The molecule has 0 atom stereocenters. The third kappa shape index (κ3) is 3.95. The lowest BCUT2D eigenvalue weighted by atomic mass is 10.1. The standard InChI is InChI=1S/C18H20N2O2/c1-4-17(21)19-15-7-5-6-14(11-15)18(22)20-16-9-8-12(2)13(3)10-16/h5-11H,4H2,1-3H3,(H,19,21)(H,20,22). The summed E-state index contributed by atoms with van der Waals surface area (Å²) in [6, 6.07) is 12.7. The zero-order valence-electron chi connectivity index (χ0n) is 13.1. The highest BCUT2D eigenvalue weighted by Gasteiger charge is 2.08. The first-order chi connectivity index (χ1) is 10.5. The smallest absolute Gasteiger partial charge is 0.255 e. The molecular formula is C18H20N2O2. The van der Waals surface area contributed by atoms with E-state index < -0.39 is 0 Å². The van der Waals surface area contributed by atoms with Crippen LogP contribution in [0, 0.1) is 13.8 Å². The van der Waals surface area contributed by atoms with Crippen LogP contribution in [0.4, 0.5) is 11.4 Å². The molecule has 2 amide bonds. The van der Waals surface area contributed by atoms with Crippen molar-refractivity contribution < 1.29 is 9.59 Å². The molecule has 0 aliphatic carbocycles. The summed E-state index contributed by atoms with van der Waals surface area (Å²) in [6.45, 7) is 5.82. The predicted molar refractivity (Wildman–Crippen MR) is 89.2 cm³/mol. The van der Waals surface area contributed by atoms with E-state index in [4.69, 9.17) is 0 Å². The Morgan fingerprint density at radius 1 is 0.909 bits per heavy atom. The van der Waals surface area contributed by atoms with Gasteiger partial charge in [-0.05, 0) is 55.3 Å². The van der Waals surface area contributed by atoms with Crippen molar-refractivity contribution >= 4 is 23.2 Å². The van der Waals surface area contributed by atoms with Crippen molar-refractivity contribution in [1.82, 2.24) is 0 Å². The van der Waals surface area contributed by atoms with E-state index in [9.17, 15) is 9.59 Å². The number of amides is 2. The van der Waals surface area contributed by atoms with Gasteiger partial charge in [0.25, 0.3) is 5.91 Å². The van der Waals surface area contributed by atoms with Gasteiger partial charge in [0.15, 0.2) is 0 Å². The Bertz CT molecular complexity index is 708. The highest BCUT2D eigenvalue weighted by molar-refractivity contribution is 6.05. The molecule has 22 heavy (non-hydrogen) atoms. The summed E-state index contributed by atoms with van der Waals surface area (Å²) in [5.74, 6) is -0.275. The molecule has 0 aliphatic rings. The molecule has 2 rings (SSSR count). The van der Waals surface area contributed by atoms with Crippen molar-refractivity contribution in [2.24, 2.45) is 0 Å². The lowest BCUT2D eigenvalue weighted by Crippen LogP contribution is -2.14. The maximum atomic E-state index is 12.3. The monoisotopic (exact) mass is 296 g/mol. The summed E-state index contributed by atoms with van der Waals surface area (Å²) < 4.78 is 0. The van der Waals surface area contributed by atoms with E-state index in [1.807, 2.05) is 32.0 Å². The molecular weight excluding hydrogens is 276 g/mol. The summed E-state index contributed by atoms with van der Waals surface area (Å²) >= 11 is 0. The lowest BCUT2D eigenvalue weighted by Gasteiger charge is -2.09. The molecule has 2 aromatic rings. The molecule has 0 fully saturated rings. The first-order valence-electron chi connectivity index (χ1n) is 7.28. The van der Waals surface area contributed by atoms with Gasteiger partial charge in [0.05, 0.1) is 0 Å². The molecule has 2 aromatic carbocycles. The molecule has 0 heterocycles. The zero-order chi connectivity index (χ0) is 16.1. The number of rotatable bonds is 4. The van der Waals surface area contributed by atoms with Crippen LogP contribution in [0.15, 0.2) is 42.5 Å². The molecule has 114 valence electrons. The number of carbonyl (C=O) groups is 2. The average Bonchev–Trinajstić information content (AvgIpc) is 2.51. The molecule has 4 nitrogen and oxygen atoms in total. The van der Waals surface area contributed by atoms with Crippen molar-refractivity contribution in [1.29, 1.82) is 0 Å². The van der Waals surface area contributed by atoms with Crippen molar-refractivity contribution in [3.63, 3.8) is 0 Å². The van der Waals surface area contributed by atoms with E-state index in [1.54, 1.807) is 31.2 Å². The molecule has 2 N–H and O–H groups in total. The summed E-state index contributed by atoms with van der Waals surface area (Å²) in [5.41, 5.74) is 4.20. The van der Waals surface area contributed by atoms with Crippen LogP contribution in [0.1, 0.15) is 34.8 Å². The molecule has 0 saturated heterocycles. The molecule has 0 saturated carbocycles. The Kier molecular flexibility index (Phi) is 4.94. The minimum absolute atomic E-state index is 0.0771. The van der Waals surface area contributed by atoms with Crippen LogP contribution in [-0.2, 0) is 4.79 Å². The minimum Gasteiger partial charge on any atom is -0.326 e. The van der Waals surface area contributed by atoms with Crippen LogP contribution in [-0.4, -0.2) is 11.8 Å². The van der Waals surface area contributed by atoms with Crippen molar-refractivity contribution in [3.05, 3.63) is 59.2 Å². The number of benzene rings is 2. The normalized spacial score (nSPS) is 10.1. The van der Waals surface area contributed by atoms with Crippen LogP contribution in [0.2, 0.25) is 0 Å². The molecule has 0 spiro atoms. The van der Waals surface area contributed by atoms with Gasteiger partial charge in [-0.2, -0.15) is 0 Å². The molecule has 0 unspecified atom stereocenters. The number of hydrogen-bond acceptors (Lipinski definition) is 2. The third-order valence-electron chi connectivity index (χ3n) is 3.49. The summed E-state index contributed by atoms with van der Waals surface area (Å²) in [4.78, 5) is 23.7. The van der Waals surface area contributed by atoms with Gasteiger partial charge in [-0.15, -0.1) is 0 Å². The van der Waals surface area contributed by atoms with Crippen LogP contribution in [0.25, 0.3) is 0 Å². The van der Waals surface area contributed by atoms with Gasteiger partial charge in [-0.25, -0.2) is 0 Å². The summed E-state index contributed by atoms with van der Waals surface area (Å²) in [5, 5.41) is 5.62. The number of aryl methyl sites for hydroxylation is 2. The first kappa shape index (κ1) is 15.8. The second-order valence-electron chi connectivity index (χ2n) is 5.24. The molecule has 4 heteroatoms. The van der Waals surface area contributed by atoms with Crippen molar-refractivity contribution in [3.8, 4) is 0 Å². The van der Waals surface area contributed by atoms with Gasteiger partial charge in [0.1, 0.15) is 0 Å². The fourth-order valence-electron chi connectivity index (χ4n) is 2.01. The van der Waals surface area contributed by atoms with Gasteiger partial charge < -0.3 is 10.6 Å². The molecule has 0 radical (unpaired) electrons. The second kappa shape index (κ2) is 6.89. The fourth-order valence-corrected chi connectivity index (χ4v) is 2.01. The van der Waals surface area contributed by atoms with Gasteiger partial charge in [-0.3, -0.25) is 9.59 Å². The zero-order valence-corrected chi connectivity index (χ0v) is 13.1. The van der Waals surface area contributed by atoms with Gasteiger partial charge in [0, 0.05) is 23.4 Å². The molecule has 0 aliphatic heterocycles. The van der Waals surface area contributed by atoms with Crippen LogP contribution in [0.3, 0.4) is 0 Å². The Balaban J connectivity index is 2.13. The lowest BCUT2D eigenvalue weighted by molar-refractivity contribution is -0.115. The van der Waals surface area contributed by atoms with E-state index in [-0.39, 0.29) is 11.8 Å².